The Morgan fingerprint density at radius 1 is 1.30 bits per heavy atom. The molecule has 0 atom stereocenters. The number of carbonyl (C=O) groups is 2. The topological polar surface area (TPSA) is 85.9 Å². The fraction of sp³-hybridized carbons (Fsp3) is 0.579. The molecule has 0 aromatic carbocycles. The second-order valence-corrected chi connectivity index (χ2v) is 8.10. The fourth-order valence-corrected chi connectivity index (χ4v) is 3.26. The van der Waals surface area contributed by atoms with Gasteiger partial charge >= 0.3 is 5.97 Å². The lowest BCUT2D eigenvalue weighted by atomic mass is 9.93. The molecule has 27 heavy (non-hydrogen) atoms. The van der Waals surface area contributed by atoms with E-state index >= 15 is 0 Å². The number of fused-ring (bicyclic) bond motifs is 2. The van der Waals surface area contributed by atoms with E-state index in [9.17, 15) is 14.4 Å². The molecule has 1 aliphatic rings. The summed E-state index contributed by atoms with van der Waals surface area (Å²) in [5.41, 5.74) is 1.18. The van der Waals surface area contributed by atoms with Gasteiger partial charge in [0.15, 0.2) is 0 Å². The number of rotatable bonds is 4. The van der Waals surface area contributed by atoms with E-state index in [1.54, 1.807) is 22.5 Å². The SMILES string of the molecule is CCOC(=O)Cn1c2c(c(=O)n3nc(C(C)(C)C)cc13)CN(C(C)C)C2=O. The molecular formula is C19H26N4O4. The number of hydrogen-bond donors (Lipinski definition) is 0. The predicted octanol–water partition coefficient (Wildman–Crippen LogP) is 1.72. The van der Waals surface area contributed by atoms with Crippen LogP contribution < -0.4 is 5.56 Å². The molecule has 3 heterocycles. The second kappa shape index (κ2) is 6.51. The minimum atomic E-state index is -0.459. The highest BCUT2D eigenvalue weighted by atomic mass is 16.5. The van der Waals surface area contributed by atoms with Crippen molar-refractivity contribution in [3.63, 3.8) is 0 Å². The van der Waals surface area contributed by atoms with Crippen LogP contribution in [0.25, 0.3) is 5.65 Å². The van der Waals surface area contributed by atoms with Crippen LogP contribution in [0.4, 0.5) is 0 Å². The van der Waals surface area contributed by atoms with Crippen LogP contribution in [0, 0.1) is 0 Å². The van der Waals surface area contributed by atoms with Crippen molar-refractivity contribution < 1.29 is 14.3 Å². The van der Waals surface area contributed by atoms with Gasteiger partial charge in [-0.25, -0.2) is 0 Å². The summed E-state index contributed by atoms with van der Waals surface area (Å²) in [5.74, 6) is -0.707. The summed E-state index contributed by atoms with van der Waals surface area (Å²) in [4.78, 5) is 39.8. The average molecular weight is 374 g/mol. The summed E-state index contributed by atoms with van der Waals surface area (Å²) < 4.78 is 7.95. The molecule has 8 heteroatoms. The Balaban J connectivity index is 2.29. The van der Waals surface area contributed by atoms with Crippen molar-refractivity contribution in [2.75, 3.05) is 6.61 Å². The fourth-order valence-electron chi connectivity index (χ4n) is 3.26. The highest BCUT2D eigenvalue weighted by molar-refractivity contribution is 5.97. The molecule has 3 rings (SSSR count). The maximum atomic E-state index is 13.0. The summed E-state index contributed by atoms with van der Waals surface area (Å²) in [6, 6.07) is 1.71. The van der Waals surface area contributed by atoms with Gasteiger partial charge in [-0.2, -0.15) is 9.61 Å². The molecule has 0 fully saturated rings. The van der Waals surface area contributed by atoms with Crippen molar-refractivity contribution in [2.24, 2.45) is 0 Å². The van der Waals surface area contributed by atoms with Crippen molar-refractivity contribution in [3.8, 4) is 0 Å². The maximum Gasteiger partial charge on any atom is 0.326 e. The van der Waals surface area contributed by atoms with Crippen molar-refractivity contribution in [1.29, 1.82) is 0 Å². The molecule has 0 bridgehead atoms. The van der Waals surface area contributed by atoms with Crippen LogP contribution in [0.5, 0.6) is 0 Å². The van der Waals surface area contributed by atoms with E-state index in [1.807, 2.05) is 34.6 Å². The third kappa shape index (κ3) is 3.13. The Kier molecular flexibility index (Phi) is 4.61. The lowest BCUT2D eigenvalue weighted by Crippen LogP contribution is -2.32. The number of nitrogens with zero attached hydrogens (tertiary/aromatic N) is 4. The van der Waals surface area contributed by atoms with Gasteiger partial charge in [0, 0.05) is 17.5 Å². The highest BCUT2D eigenvalue weighted by Gasteiger charge is 2.36. The molecule has 2 aromatic rings. The zero-order valence-corrected chi connectivity index (χ0v) is 16.7. The molecule has 0 unspecified atom stereocenters. The second-order valence-electron chi connectivity index (χ2n) is 8.10. The first-order chi connectivity index (χ1) is 12.6. The van der Waals surface area contributed by atoms with Crippen molar-refractivity contribution in [3.05, 3.63) is 33.4 Å². The average Bonchev–Trinajstić information content (AvgIpc) is 3.14. The van der Waals surface area contributed by atoms with Crippen LogP contribution in [-0.2, 0) is 28.0 Å². The normalized spacial score (nSPS) is 14.3. The van der Waals surface area contributed by atoms with Crippen LogP contribution in [-0.4, -0.2) is 43.6 Å². The molecule has 0 radical (unpaired) electrons. The smallest absolute Gasteiger partial charge is 0.326 e. The molecule has 0 N–H and O–H groups in total. The molecule has 8 nitrogen and oxygen atoms in total. The first-order valence-corrected chi connectivity index (χ1v) is 9.18. The quantitative estimate of drug-likeness (QED) is 0.761. The van der Waals surface area contributed by atoms with Crippen LogP contribution in [0.3, 0.4) is 0 Å². The van der Waals surface area contributed by atoms with E-state index in [1.165, 1.54) is 4.52 Å². The van der Waals surface area contributed by atoms with Crippen LogP contribution in [0.15, 0.2) is 10.9 Å². The van der Waals surface area contributed by atoms with Crippen molar-refractivity contribution >= 4 is 17.5 Å². The maximum absolute atomic E-state index is 13.0. The van der Waals surface area contributed by atoms with E-state index in [0.29, 0.717) is 16.9 Å². The minimum Gasteiger partial charge on any atom is -0.465 e. The molecule has 146 valence electrons. The van der Waals surface area contributed by atoms with Gasteiger partial charge < -0.3 is 14.2 Å². The van der Waals surface area contributed by atoms with Crippen LogP contribution in [0.2, 0.25) is 0 Å². The van der Waals surface area contributed by atoms with Gasteiger partial charge in [0.05, 0.1) is 24.4 Å². The predicted molar refractivity (Wildman–Crippen MR) is 99.8 cm³/mol. The molecule has 0 saturated heterocycles. The van der Waals surface area contributed by atoms with E-state index in [0.717, 1.165) is 0 Å². The van der Waals surface area contributed by atoms with Gasteiger partial charge in [-0.05, 0) is 20.8 Å². The summed E-state index contributed by atoms with van der Waals surface area (Å²) in [6.45, 7) is 11.8. The summed E-state index contributed by atoms with van der Waals surface area (Å²) in [5, 5.41) is 4.47. The number of aromatic nitrogens is 3. The van der Waals surface area contributed by atoms with Crippen LogP contribution in [0.1, 0.15) is 63.3 Å². The molecule has 0 spiro atoms. The Labute approximate surface area is 157 Å². The van der Waals surface area contributed by atoms with Gasteiger partial charge in [0.25, 0.3) is 11.5 Å². The first kappa shape index (κ1) is 19.1. The molecule has 2 aromatic heterocycles. The van der Waals surface area contributed by atoms with E-state index < -0.39 is 5.97 Å². The summed E-state index contributed by atoms with van der Waals surface area (Å²) in [6.07, 6.45) is 0. The Bertz CT molecular complexity index is 978. The molecule has 1 aliphatic heterocycles. The van der Waals surface area contributed by atoms with Gasteiger partial charge in [-0.3, -0.25) is 14.4 Å². The minimum absolute atomic E-state index is 0.0576. The molecule has 1 amide bonds. The number of ether oxygens (including phenoxy) is 1. The third-order valence-corrected chi connectivity index (χ3v) is 4.75. The zero-order chi connectivity index (χ0) is 20.1. The Morgan fingerprint density at radius 3 is 2.52 bits per heavy atom. The first-order valence-electron chi connectivity index (χ1n) is 9.18. The molecular weight excluding hydrogens is 348 g/mol. The van der Waals surface area contributed by atoms with Crippen molar-refractivity contribution in [2.45, 2.75) is 66.1 Å². The van der Waals surface area contributed by atoms with E-state index in [2.05, 4.69) is 5.10 Å². The highest BCUT2D eigenvalue weighted by Crippen LogP contribution is 2.27. The van der Waals surface area contributed by atoms with E-state index in [-0.39, 0.29) is 48.3 Å². The van der Waals surface area contributed by atoms with Crippen LogP contribution >= 0.6 is 0 Å². The van der Waals surface area contributed by atoms with Crippen molar-refractivity contribution in [1.82, 2.24) is 19.1 Å². The number of carbonyl (C=O) groups excluding carboxylic acids is 2. The zero-order valence-electron chi connectivity index (χ0n) is 16.7. The van der Waals surface area contributed by atoms with E-state index in [4.69, 9.17) is 4.74 Å². The third-order valence-electron chi connectivity index (χ3n) is 4.75. The Hall–Kier alpha value is -2.64. The lowest BCUT2D eigenvalue weighted by molar-refractivity contribution is -0.143. The monoisotopic (exact) mass is 374 g/mol. The standard InChI is InChI=1S/C19H26N4O4/c1-7-27-15(24)10-22-14-8-13(19(4,5)6)20-23(14)17(25)12-9-21(11(2)3)18(26)16(12)22/h8,11H,7,9-10H2,1-6H3. The van der Waals surface area contributed by atoms with Gasteiger partial charge in [0.1, 0.15) is 17.9 Å². The number of amides is 1. The molecule has 0 aliphatic carbocycles. The summed E-state index contributed by atoms with van der Waals surface area (Å²) in [7, 11) is 0. The largest absolute Gasteiger partial charge is 0.465 e. The number of esters is 1. The van der Waals surface area contributed by atoms with Gasteiger partial charge in [-0.15, -0.1) is 0 Å². The van der Waals surface area contributed by atoms with Gasteiger partial charge in [0.2, 0.25) is 0 Å². The molecule has 0 saturated carbocycles. The number of hydrogen-bond acceptors (Lipinski definition) is 5. The summed E-state index contributed by atoms with van der Waals surface area (Å²) >= 11 is 0. The Morgan fingerprint density at radius 2 is 1.96 bits per heavy atom. The van der Waals surface area contributed by atoms with Gasteiger partial charge in [-0.1, -0.05) is 20.8 Å². The lowest BCUT2D eigenvalue weighted by Gasteiger charge is -2.20.